The van der Waals surface area contributed by atoms with E-state index in [2.05, 4.69) is 19.0 Å². The molecule has 1 aromatic heterocycles. The van der Waals surface area contributed by atoms with Gasteiger partial charge in [-0.05, 0) is 80.4 Å². The molecule has 5 nitrogen and oxygen atoms in total. The maximum absolute atomic E-state index is 13.1. The number of carbonyl (C=O) groups excluding carboxylic acids is 1. The van der Waals surface area contributed by atoms with Crippen molar-refractivity contribution in [2.45, 2.75) is 96.3 Å². The van der Waals surface area contributed by atoms with Crippen molar-refractivity contribution in [2.75, 3.05) is 0 Å². The highest BCUT2D eigenvalue weighted by atomic mass is 35.5. The molecule has 0 saturated heterocycles. The Bertz CT molecular complexity index is 1030. The van der Waals surface area contributed by atoms with Crippen LogP contribution >= 0.6 is 11.6 Å². The number of carboxylic acids is 1. The zero-order valence-electron chi connectivity index (χ0n) is 20.5. The quantitative estimate of drug-likeness (QED) is 0.343. The summed E-state index contributed by atoms with van der Waals surface area (Å²) in [5.74, 6) is 2.25. The van der Waals surface area contributed by atoms with Crippen molar-refractivity contribution in [2.24, 2.45) is 11.8 Å². The van der Waals surface area contributed by atoms with Crippen LogP contribution in [0.1, 0.15) is 111 Å². The van der Waals surface area contributed by atoms with Crippen molar-refractivity contribution < 1.29 is 19.2 Å². The van der Waals surface area contributed by atoms with Gasteiger partial charge in [-0.25, -0.2) is 0 Å². The lowest BCUT2D eigenvalue weighted by Crippen LogP contribution is -2.23. The van der Waals surface area contributed by atoms with Gasteiger partial charge in [-0.2, -0.15) is 0 Å². The number of hydrogen-bond donors (Lipinski definition) is 1. The molecule has 184 valence electrons. The predicted octanol–water partition coefficient (Wildman–Crippen LogP) is 7.20. The Balaban J connectivity index is 1.52. The molecule has 1 N–H and O–H groups in total. The number of carbonyl (C=O) groups is 2. The van der Waals surface area contributed by atoms with Gasteiger partial charge in [-0.3, -0.25) is 9.59 Å². The summed E-state index contributed by atoms with van der Waals surface area (Å²) in [4.78, 5) is 24.4. The number of ketones is 1. The summed E-state index contributed by atoms with van der Waals surface area (Å²) >= 11 is 6.35. The van der Waals surface area contributed by atoms with Gasteiger partial charge >= 0.3 is 5.97 Å². The van der Waals surface area contributed by atoms with Crippen LogP contribution in [-0.4, -0.2) is 22.0 Å². The molecule has 2 aliphatic rings. The van der Waals surface area contributed by atoms with Crippen LogP contribution in [0.4, 0.5) is 0 Å². The second-order valence-corrected chi connectivity index (χ2v) is 11.3. The van der Waals surface area contributed by atoms with Crippen LogP contribution < -0.4 is 0 Å². The lowest BCUT2D eigenvalue weighted by atomic mass is 9.69. The Morgan fingerprint density at radius 2 is 1.94 bits per heavy atom. The number of carboxylic acid groups (broad SMARTS) is 1. The summed E-state index contributed by atoms with van der Waals surface area (Å²) in [5, 5.41) is 14.4. The number of aryl methyl sites for hydroxylation is 1. The number of hydrogen-bond acceptors (Lipinski definition) is 4. The molecule has 1 atom stereocenters. The molecule has 6 heteroatoms. The molecule has 0 radical (unpaired) electrons. The van der Waals surface area contributed by atoms with E-state index in [4.69, 9.17) is 16.1 Å². The molecule has 4 rings (SSSR count). The molecule has 0 spiro atoms. The molecule has 2 aliphatic carbocycles. The van der Waals surface area contributed by atoms with Crippen molar-refractivity contribution in [3.05, 3.63) is 51.4 Å². The minimum atomic E-state index is -0.855. The molecular weight excluding hydrogens is 450 g/mol. The van der Waals surface area contributed by atoms with E-state index in [1.54, 1.807) is 0 Å². The fourth-order valence-corrected chi connectivity index (χ4v) is 5.79. The van der Waals surface area contributed by atoms with E-state index in [1.165, 1.54) is 12.0 Å². The fourth-order valence-electron chi connectivity index (χ4n) is 5.49. The average molecular weight is 486 g/mol. The first-order valence-corrected chi connectivity index (χ1v) is 13.1. The summed E-state index contributed by atoms with van der Waals surface area (Å²) in [6.45, 7) is 6.50. The SMILES string of the molecule is Cc1ccc(CC(=O)CC(CCC(=O)O)c2noc(C3CC(CC(C)C)C3)c2C2CC2)c(Cl)c1. The van der Waals surface area contributed by atoms with E-state index in [9.17, 15) is 14.7 Å². The van der Waals surface area contributed by atoms with Crippen LogP contribution in [0.15, 0.2) is 22.7 Å². The molecule has 0 bridgehead atoms. The largest absolute Gasteiger partial charge is 0.481 e. The van der Waals surface area contributed by atoms with Crippen molar-refractivity contribution in [3.63, 3.8) is 0 Å². The highest BCUT2D eigenvalue weighted by Crippen LogP contribution is 2.52. The number of rotatable bonds is 12. The van der Waals surface area contributed by atoms with Crippen LogP contribution in [0.3, 0.4) is 0 Å². The van der Waals surface area contributed by atoms with Crippen LogP contribution in [0.5, 0.6) is 0 Å². The molecule has 1 heterocycles. The normalized spacial score (nSPS) is 20.9. The summed E-state index contributed by atoms with van der Waals surface area (Å²) in [5.41, 5.74) is 3.87. The minimum Gasteiger partial charge on any atom is -0.481 e. The van der Waals surface area contributed by atoms with Gasteiger partial charge in [0, 0.05) is 41.7 Å². The Kier molecular flexibility index (Phi) is 7.81. The third-order valence-electron chi connectivity index (χ3n) is 7.34. The first-order chi connectivity index (χ1) is 16.2. The number of halogens is 1. The highest BCUT2D eigenvalue weighted by Gasteiger charge is 2.41. The Morgan fingerprint density at radius 1 is 1.21 bits per heavy atom. The lowest BCUT2D eigenvalue weighted by molar-refractivity contribution is -0.137. The Morgan fingerprint density at radius 3 is 2.56 bits per heavy atom. The van der Waals surface area contributed by atoms with E-state index in [-0.39, 0.29) is 31.0 Å². The van der Waals surface area contributed by atoms with E-state index >= 15 is 0 Å². The Hall–Kier alpha value is -2.14. The van der Waals surface area contributed by atoms with Crippen molar-refractivity contribution in [3.8, 4) is 0 Å². The third-order valence-corrected chi connectivity index (χ3v) is 7.70. The summed E-state index contributed by atoms with van der Waals surface area (Å²) in [6, 6.07) is 5.72. The molecule has 2 fully saturated rings. The van der Waals surface area contributed by atoms with Gasteiger partial charge in [0.1, 0.15) is 11.5 Å². The van der Waals surface area contributed by atoms with E-state index in [0.29, 0.717) is 29.2 Å². The van der Waals surface area contributed by atoms with Gasteiger partial charge in [0.2, 0.25) is 0 Å². The van der Waals surface area contributed by atoms with E-state index in [1.807, 2.05) is 25.1 Å². The van der Waals surface area contributed by atoms with Gasteiger partial charge in [-0.1, -0.05) is 42.7 Å². The number of aliphatic carboxylic acids is 1. The third kappa shape index (κ3) is 6.10. The molecule has 2 aromatic rings. The molecular formula is C28H36ClNO4. The van der Waals surface area contributed by atoms with Crippen molar-refractivity contribution in [1.29, 1.82) is 0 Å². The number of benzene rings is 1. The first kappa shape index (κ1) is 25.0. The van der Waals surface area contributed by atoms with Crippen LogP contribution in [0, 0.1) is 18.8 Å². The smallest absolute Gasteiger partial charge is 0.303 e. The van der Waals surface area contributed by atoms with Gasteiger partial charge in [0.15, 0.2) is 0 Å². The van der Waals surface area contributed by atoms with E-state index in [0.717, 1.165) is 54.2 Å². The van der Waals surface area contributed by atoms with Gasteiger partial charge < -0.3 is 9.63 Å². The van der Waals surface area contributed by atoms with Gasteiger partial charge in [0.05, 0.1) is 5.69 Å². The summed E-state index contributed by atoms with van der Waals surface area (Å²) in [6.07, 6.45) is 6.63. The molecule has 0 amide bonds. The zero-order chi connectivity index (χ0) is 24.4. The van der Waals surface area contributed by atoms with Gasteiger partial charge in [0.25, 0.3) is 0 Å². The molecule has 2 saturated carbocycles. The maximum Gasteiger partial charge on any atom is 0.303 e. The number of aromatic nitrogens is 1. The highest BCUT2D eigenvalue weighted by molar-refractivity contribution is 6.31. The number of Topliss-reactive ketones (excluding diaryl/α,β-unsaturated/α-hetero) is 1. The topological polar surface area (TPSA) is 80.4 Å². The van der Waals surface area contributed by atoms with Crippen molar-refractivity contribution >= 4 is 23.4 Å². The molecule has 0 aliphatic heterocycles. The minimum absolute atomic E-state index is 0.00935. The molecule has 1 unspecified atom stereocenters. The first-order valence-electron chi connectivity index (χ1n) is 12.7. The average Bonchev–Trinajstić information content (AvgIpc) is 3.48. The fraction of sp³-hybridized carbons (Fsp3) is 0.607. The van der Waals surface area contributed by atoms with Crippen LogP contribution in [-0.2, 0) is 16.0 Å². The number of nitrogens with zero attached hydrogens (tertiary/aromatic N) is 1. The predicted molar refractivity (Wildman–Crippen MR) is 133 cm³/mol. The standard InChI is InChI=1S/C28H36ClNO4/c1-16(2)10-18-12-22(13-18)28-26(19-6-7-19)27(30-34-28)21(8-9-25(32)33)15-23(31)14-20-5-4-17(3)11-24(20)29/h4-5,11,16,18-19,21-22H,6-10,12-15H2,1-3H3,(H,32,33). The van der Waals surface area contributed by atoms with Crippen molar-refractivity contribution in [1.82, 2.24) is 5.16 Å². The lowest BCUT2D eigenvalue weighted by Gasteiger charge is -2.35. The summed E-state index contributed by atoms with van der Waals surface area (Å²) in [7, 11) is 0. The van der Waals surface area contributed by atoms with E-state index < -0.39 is 5.97 Å². The molecule has 34 heavy (non-hydrogen) atoms. The molecule has 1 aromatic carbocycles. The summed E-state index contributed by atoms with van der Waals surface area (Å²) < 4.78 is 5.94. The zero-order valence-corrected chi connectivity index (χ0v) is 21.2. The van der Waals surface area contributed by atoms with Gasteiger partial charge in [-0.15, -0.1) is 0 Å². The monoisotopic (exact) mass is 485 g/mol. The van der Waals surface area contributed by atoms with Crippen LogP contribution in [0.2, 0.25) is 5.02 Å². The maximum atomic E-state index is 13.1. The van der Waals surface area contributed by atoms with Crippen LogP contribution in [0.25, 0.3) is 0 Å². The Labute approximate surface area is 207 Å². The second kappa shape index (κ2) is 10.6. The second-order valence-electron chi connectivity index (χ2n) is 10.9.